The van der Waals surface area contributed by atoms with Gasteiger partial charge in [-0.2, -0.15) is 5.10 Å². The van der Waals surface area contributed by atoms with Crippen LogP contribution in [-0.4, -0.2) is 42.5 Å². The van der Waals surface area contributed by atoms with Crippen molar-refractivity contribution in [2.75, 3.05) is 11.9 Å². The summed E-state index contributed by atoms with van der Waals surface area (Å²) in [7, 11) is 1.85. The maximum atomic E-state index is 13.4. The Balaban J connectivity index is 1.46. The number of imidazole rings is 1. The second-order valence-electron chi connectivity index (χ2n) is 6.37. The third-order valence-corrected chi connectivity index (χ3v) is 4.84. The molecule has 0 amide bonds. The number of hydrogen-bond donors (Lipinski definition) is 3. The smallest absolute Gasteiger partial charge is 0.203 e. The van der Waals surface area contributed by atoms with Crippen LogP contribution in [0.1, 0.15) is 24.6 Å². The number of aryl methyl sites for hydroxylation is 1. The van der Waals surface area contributed by atoms with Gasteiger partial charge < -0.3 is 15.0 Å². The number of halogens is 1. The molecule has 8 heteroatoms. The van der Waals surface area contributed by atoms with E-state index in [9.17, 15) is 9.50 Å². The molecule has 2 aromatic heterocycles. The average molecular weight is 330 g/mol. The van der Waals surface area contributed by atoms with Crippen LogP contribution in [0.3, 0.4) is 0 Å². The first-order valence-corrected chi connectivity index (χ1v) is 8.01. The number of rotatable bonds is 4. The molecule has 1 saturated carbocycles. The second kappa shape index (κ2) is 5.86. The molecule has 0 bridgehead atoms. The van der Waals surface area contributed by atoms with Gasteiger partial charge in [-0.15, -0.1) is 0 Å². The summed E-state index contributed by atoms with van der Waals surface area (Å²) in [5.74, 6) is 1.53. The van der Waals surface area contributed by atoms with Crippen LogP contribution < -0.4 is 5.32 Å². The summed E-state index contributed by atoms with van der Waals surface area (Å²) in [6.45, 7) is 0.603. The van der Waals surface area contributed by atoms with Crippen LogP contribution in [0.25, 0.3) is 11.0 Å². The summed E-state index contributed by atoms with van der Waals surface area (Å²) in [6, 6.07) is 4.54. The molecule has 3 aromatic rings. The van der Waals surface area contributed by atoms with E-state index < -0.39 is 0 Å². The molecule has 1 aromatic carbocycles. The molecule has 1 fully saturated rings. The molecule has 1 aliphatic carbocycles. The monoisotopic (exact) mass is 330 g/mol. The Hall–Kier alpha value is -2.48. The Labute approximate surface area is 137 Å². The number of H-pyrrole nitrogens is 1. The highest BCUT2D eigenvalue weighted by Crippen LogP contribution is 2.37. The lowest BCUT2D eigenvalue weighted by Crippen LogP contribution is -2.23. The normalized spacial score (nSPS) is 23.9. The van der Waals surface area contributed by atoms with Crippen LogP contribution in [0.4, 0.5) is 10.3 Å². The first-order valence-electron chi connectivity index (χ1n) is 8.01. The molecule has 24 heavy (non-hydrogen) atoms. The average Bonchev–Trinajstić information content (AvgIpc) is 3.27. The molecule has 1 aliphatic rings. The quantitative estimate of drug-likeness (QED) is 0.678. The number of aliphatic hydroxyl groups is 1. The molecule has 0 radical (unpaired) electrons. The molecule has 0 aliphatic heterocycles. The van der Waals surface area contributed by atoms with Gasteiger partial charge in [0.2, 0.25) is 5.95 Å². The van der Waals surface area contributed by atoms with E-state index >= 15 is 0 Å². The summed E-state index contributed by atoms with van der Waals surface area (Å²) in [5.41, 5.74) is 1.48. The Morgan fingerprint density at radius 3 is 3.08 bits per heavy atom. The summed E-state index contributed by atoms with van der Waals surface area (Å²) >= 11 is 0. The first kappa shape index (κ1) is 15.1. The maximum absolute atomic E-state index is 13.4. The fraction of sp³-hybridized carbons (Fsp3) is 0.438. The zero-order valence-electron chi connectivity index (χ0n) is 13.3. The Morgan fingerprint density at radius 2 is 2.29 bits per heavy atom. The molecule has 7 nitrogen and oxygen atoms in total. The summed E-state index contributed by atoms with van der Waals surface area (Å²) in [4.78, 5) is 8.67. The molecule has 3 atom stereocenters. The summed E-state index contributed by atoms with van der Waals surface area (Å²) < 4.78 is 15.2. The van der Waals surface area contributed by atoms with Crippen molar-refractivity contribution in [2.24, 2.45) is 13.0 Å². The summed E-state index contributed by atoms with van der Waals surface area (Å²) in [6.07, 6.45) is 2.61. The van der Waals surface area contributed by atoms with Gasteiger partial charge in [0.25, 0.3) is 0 Å². The molecule has 3 N–H and O–H groups in total. The van der Waals surface area contributed by atoms with Crippen molar-refractivity contribution >= 4 is 17.0 Å². The highest BCUT2D eigenvalue weighted by atomic mass is 19.1. The van der Waals surface area contributed by atoms with Crippen LogP contribution >= 0.6 is 0 Å². The van der Waals surface area contributed by atoms with Crippen LogP contribution in [0.2, 0.25) is 0 Å². The zero-order valence-corrected chi connectivity index (χ0v) is 13.3. The van der Waals surface area contributed by atoms with E-state index in [0.29, 0.717) is 18.9 Å². The Bertz CT molecular complexity index is 846. The third-order valence-electron chi connectivity index (χ3n) is 4.84. The Kier molecular flexibility index (Phi) is 3.68. The number of hydrogen-bond acceptors (Lipinski definition) is 5. The molecular weight excluding hydrogens is 311 g/mol. The fourth-order valence-electron chi connectivity index (χ4n) is 3.50. The number of nitrogens with one attached hydrogen (secondary N) is 2. The SMILES string of the molecule is Cn1c(NC[C@@H]2C[C@@H](c3ncn[nH]3)C[C@@H]2O)nc2ccc(F)cc21. The topological polar surface area (TPSA) is 91.7 Å². The van der Waals surface area contributed by atoms with Crippen LogP contribution in [0.5, 0.6) is 0 Å². The van der Waals surface area contributed by atoms with Crippen molar-refractivity contribution < 1.29 is 9.50 Å². The van der Waals surface area contributed by atoms with Gasteiger partial charge >= 0.3 is 0 Å². The van der Waals surface area contributed by atoms with Crippen molar-refractivity contribution in [1.82, 2.24) is 24.7 Å². The molecular formula is C16H19FN6O. The highest BCUT2D eigenvalue weighted by molar-refractivity contribution is 5.78. The highest BCUT2D eigenvalue weighted by Gasteiger charge is 2.35. The van der Waals surface area contributed by atoms with Gasteiger partial charge in [-0.3, -0.25) is 5.10 Å². The molecule has 0 unspecified atom stereocenters. The Morgan fingerprint density at radius 1 is 1.42 bits per heavy atom. The molecule has 4 rings (SSSR count). The van der Waals surface area contributed by atoms with E-state index in [1.165, 1.54) is 18.5 Å². The molecule has 126 valence electrons. The van der Waals surface area contributed by atoms with Crippen LogP contribution in [0, 0.1) is 11.7 Å². The number of fused-ring (bicyclic) bond motifs is 1. The molecule has 0 spiro atoms. The van der Waals surface area contributed by atoms with Crippen LogP contribution in [0.15, 0.2) is 24.5 Å². The minimum Gasteiger partial charge on any atom is -0.393 e. The van der Waals surface area contributed by atoms with Gasteiger partial charge in [0.15, 0.2) is 0 Å². The van der Waals surface area contributed by atoms with Crippen molar-refractivity contribution in [1.29, 1.82) is 0 Å². The van der Waals surface area contributed by atoms with Gasteiger partial charge in [0.05, 0.1) is 17.1 Å². The van der Waals surface area contributed by atoms with Gasteiger partial charge in [0.1, 0.15) is 18.0 Å². The predicted molar refractivity (Wildman–Crippen MR) is 87.0 cm³/mol. The largest absolute Gasteiger partial charge is 0.393 e. The third kappa shape index (κ3) is 2.62. The van der Waals surface area contributed by atoms with Gasteiger partial charge in [-0.1, -0.05) is 0 Å². The summed E-state index contributed by atoms with van der Waals surface area (Å²) in [5, 5.41) is 20.3. The van der Waals surface area contributed by atoms with Crippen molar-refractivity contribution in [3.8, 4) is 0 Å². The van der Waals surface area contributed by atoms with Gasteiger partial charge in [-0.25, -0.2) is 14.4 Å². The van der Waals surface area contributed by atoms with E-state index in [4.69, 9.17) is 0 Å². The van der Waals surface area contributed by atoms with E-state index in [0.717, 1.165) is 23.3 Å². The standard InChI is InChI=1S/C16H19FN6O/c1-23-13-6-11(17)2-3-12(13)21-16(23)18-7-10-4-9(5-14(10)24)15-19-8-20-22-15/h2-3,6,8-10,14,24H,4-5,7H2,1H3,(H,18,21)(H,19,20,22)/t9-,10+,14+/m1/s1. The second-order valence-corrected chi connectivity index (χ2v) is 6.37. The van der Waals surface area contributed by atoms with Gasteiger partial charge in [0, 0.05) is 25.4 Å². The molecule has 0 saturated heterocycles. The van der Waals surface area contributed by atoms with E-state index in [1.54, 1.807) is 6.07 Å². The lowest BCUT2D eigenvalue weighted by Gasteiger charge is -2.15. The van der Waals surface area contributed by atoms with E-state index in [-0.39, 0.29) is 23.8 Å². The number of nitrogens with zero attached hydrogens (tertiary/aromatic N) is 4. The lowest BCUT2D eigenvalue weighted by molar-refractivity contribution is 0.137. The van der Waals surface area contributed by atoms with Crippen molar-refractivity contribution in [3.05, 3.63) is 36.2 Å². The van der Waals surface area contributed by atoms with Crippen molar-refractivity contribution in [3.63, 3.8) is 0 Å². The minimum atomic E-state index is -0.389. The number of aromatic amines is 1. The number of aromatic nitrogens is 5. The lowest BCUT2D eigenvalue weighted by atomic mass is 10.0. The number of benzene rings is 1. The van der Waals surface area contributed by atoms with Crippen LogP contribution in [-0.2, 0) is 7.05 Å². The first-order chi connectivity index (χ1) is 11.6. The van der Waals surface area contributed by atoms with E-state index in [1.807, 2.05) is 11.6 Å². The number of anilines is 1. The van der Waals surface area contributed by atoms with E-state index in [2.05, 4.69) is 25.5 Å². The molecule has 2 heterocycles. The maximum Gasteiger partial charge on any atom is 0.203 e. The van der Waals surface area contributed by atoms with Crippen molar-refractivity contribution in [2.45, 2.75) is 24.9 Å². The number of aliphatic hydroxyl groups excluding tert-OH is 1. The fourth-order valence-corrected chi connectivity index (χ4v) is 3.50. The zero-order chi connectivity index (χ0) is 16.7. The predicted octanol–water partition coefficient (Wildman–Crippen LogP) is 1.80. The minimum absolute atomic E-state index is 0.108. The van der Waals surface area contributed by atoms with Gasteiger partial charge in [-0.05, 0) is 31.0 Å².